The third-order valence-corrected chi connectivity index (χ3v) is 2.64. The smallest absolute Gasteiger partial charge is 0.186 e. The standard InChI is InChI=1S/C10H9NO2S/c12-14(13)10-2-1-8-3-5-11-6-4-9(8)7-10/h1-7,11H,(H,12,13). The molecular weight excluding hydrogens is 198 g/mol. The fourth-order valence-electron chi connectivity index (χ4n) is 1.29. The molecule has 1 atom stereocenters. The van der Waals surface area contributed by atoms with Crippen LogP contribution in [0.1, 0.15) is 11.1 Å². The van der Waals surface area contributed by atoms with Crippen molar-refractivity contribution >= 4 is 23.2 Å². The van der Waals surface area contributed by atoms with Gasteiger partial charge in [-0.3, -0.25) is 0 Å². The van der Waals surface area contributed by atoms with Crippen LogP contribution in [0.5, 0.6) is 0 Å². The van der Waals surface area contributed by atoms with Crippen molar-refractivity contribution in [3.8, 4) is 0 Å². The highest BCUT2D eigenvalue weighted by Crippen LogP contribution is 2.18. The molecule has 1 aromatic carbocycles. The number of benzene rings is 1. The maximum Gasteiger partial charge on any atom is 0.186 e. The van der Waals surface area contributed by atoms with Gasteiger partial charge in [-0.1, -0.05) is 6.07 Å². The maximum absolute atomic E-state index is 10.8. The second-order valence-corrected chi connectivity index (χ2v) is 3.84. The van der Waals surface area contributed by atoms with Crippen LogP contribution < -0.4 is 5.32 Å². The molecule has 0 spiro atoms. The van der Waals surface area contributed by atoms with Gasteiger partial charge in [0.1, 0.15) is 0 Å². The van der Waals surface area contributed by atoms with E-state index in [9.17, 15) is 4.21 Å². The van der Waals surface area contributed by atoms with E-state index < -0.39 is 11.1 Å². The molecule has 0 saturated heterocycles. The summed E-state index contributed by atoms with van der Waals surface area (Å²) in [7, 11) is 0. The normalized spacial score (nSPS) is 15.5. The summed E-state index contributed by atoms with van der Waals surface area (Å²) in [5.74, 6) is 0. The van der Waals surface area contributed by atoms with Crippen molar-refractivity contribution in [2.45, 2.75) is 4.90 Å². The van der Waals surface area contributed by atoms with E-state index in [1.807, 2.05) is 24.4 Å². The molecule has 1 heterocycles. The lowest BCUT2D eigenvalue weighted by atomic mass is 10.1. The van der Waals surface area contributed by atoms with Crippen LogP contribution >= 0.6 is 0 Å². The van der Waals surface area contributed by atoms with Crippen molar-refractivity contribution in [2.24, 2.45) is 0 Å². The first kappa shape index (κ1) is 9.18. The van der Waals surface area contributed by atoms with Crippen LogP contribution in [0.2, 0.25) is 0 Å². The molecule has 1 aromatic rings. The van der Waals surface area contributed by atoms with Gasteiger partial charge < -0.3 is 9.87 Å². The largest absolute Gasteiger partial charge is 0.368 e. The van der Waals surface area contributed by atoms with Crippen molar-refractivity contribution in [1.29, 1.82) is 0 Å². The van der Waals surface area contributed by atoms with Gasteiger partial charge in [0.05, 0.1) is 4.90 Å². The topological polar surface area (TPSA) is 49.3 Å². The van der Waals surface area contributed by atoms with Crippen LogP contribution in [0, 0.1) is 0 Å². The van der Waals surface area contributed by atoms with E-state index in [2.05, 4.69) is 5.32 Å². The van der Waals surface area contributed by atoms with E-state index in [-0.39, 0.29) is 0 Å². The minimum Gasteiger partial charge on any atom is -0.368 e. The molecule has 0 amide bonds. The van der Waals surface area contributed by atoms with E-state index in [0.717, 1.165) is 11.1 Å². The fraction of sp³-hybridized carbons (Fsp3) is 0. The van der Waals surface area contributed by atoms with Crippen molar-refractivity contribution in [1.82, 2.24) is 5.32 Å². The van der Waals surface area contributed by atoms with Gasteiger partial charge in [0.2, 0.25) is 0 Å². The summed E-state index contributed by atoms with van der Waals surface area (Å²) in [6.07, 6.45) is 7.38. The maximum atomic E-state index is 10.8. The summed E-state index contributed by atoms with van der Waals surface area (Å²) in [4.78, 5) is 0.420. The molecule has 14 heavy (non-hydrogen) atoms. The van der Waals surface area contributed by atoms with Crippen LogP contribution in [0.3, 0.4) is 0 Å². The minimum atomic E-state index is -1.91. The molecule has 1 unspecified atom stereocenters. The Morgan fingerprint density at radius 3 is 2.57 bits per heavy atom. The lowest BCUT2D eigenvalue weighted by Crippen LogP contribution is -1.90. The van der Waals surface area contributed by atoms with E-state index in [1.165, 1.54) is 0 Å². The molecule has 0 bridgehead atoms. The second kappa shape index (κ2) is 3.77. The molecule has 4 heteroatoms. The fourth-order valence-corrected chi connectivity index (χ4v) is 1.70. The Morgan fingerprint density at radius 2 is 1.86 bits per heavy atom. The van der Waals surface area contributed by atoms with Crippen LogP contribution in [-0.4, -0.2) is 8.76 Å². The average molecular weight is 207 g/mol. The Kier molecular flexibility index (Phi) is 2.47. The summed E-state index contributed by atoms with van der Waals surface area (Å²) < 4.78 is 19.7. The summed E-state index contributed by atoms with van der Waals surface area (Å²) in [5.41, 5.74) is 1.96. The predicted octanol–water partition coefficient (Wildman–Crippen LogP) is 1.81. The lowest BCUT2D eigenvalue weighted by molar-refractivity contribution is 0.564. The number of fused-ring (bicyclic) bond motifs is 1. The van der Waals surface area contributed by atoms with Gasteiger partial charge in [0.25, 0.3) is 0 Å². The van der Waals surface area contributed by atoms with Crippen molar-refractivity contribution < 1.29 is 8.76 Å². The van der Waals surface area contributed by atoms with E-state index in [1.54, 1.807) is 18.3 Å². The number of hydrogen-bond donors (Lipinski definition) is 2. The van der Waals surface area contributed by atoms with Crippen LogP contribution in [-0.2, 0) is 11.1 Å². The molecule has 2 N–H and O–H groups in total. The quantitative estimate of drug-likeness (QED) is 0.690. The van der Waals surface area contributed by atoms with Gasteiger partial charge in [-0.2, -0.15) is 0 Å². The molecule has 0 saturated carbocycles. The lowest BCUT2D eigenvalue weighted by Gasteiger charge is -2.01. The average Bonchev–Trinajstić information content (AvgIpc) is 2.41. The van der Waals surface area contributed by atoms with Crippen molar-refractivity contribution in [2.75, 3.05) is 0 Å². The third-order valence-electron chi connectivity index (χ3n) is 1.98. The number of hydrogen-bond acceptors (Lipinski definition) is 2. The predicted molar refractivity (Wildman–Crippen MR) is 56.7 cm³/mol. The second-order valence-electron chi connectivity index (χ2n) is 2.87. The van der Waals surface area contributed by atoms with Gasteiger partial charge in [-0.25, -0.2) is 4.21 Å². The molecule has 1 aliphatic heterocycles. The first-order valence-electron chi connectivity index (χ1n) is 4.11. The molecule has 0 radical (unpaired) electrons. The van der Waals surface area contributed by atoms with Gasteiger partial charge in [-0.05, 0) is 35.4 Å². The zero-order chi connectivity index (χ0) is 9.97. The first-order chi connectivity index (χ1) is 6.77. The Morgan fingerprint density at radius 1 is 1.14 bits per heavy atom. The highest BCUT2D eigenvalue weighted by molar-refractivity contribution is 7.79. The zero-order valence-corrected chi connectivity index (χ0v) is 8.12. The summed E-state index contributed by atoms with van der Waals surface area (Å²) in [6, 6.07) is 5.18. The zero-order valence-electron chi connectivity index (χ0n) is 7.31. The summed E-state index contributed by atoms with van der Waals surface area (Å²) in [6.45, 7) is 0. The first-order valence-corrected chi connectivity index (χ1v) is 5.22. The Bertz CT molecular complexity index is 438. The molecular formula is C10H9NO2S. The van der Waals surface area contributed by atoms with Crippen molar-refractivity contribution in [3.63, 3.8) is 0 Å². The monoisotopic (exact) mass is 207 g/mol. The van der Waals surface area contributed by atoms with E-state index >= 15 is 0 Å². The molecule has 72 valence electrons. The third kappa shape index (κ3) is 1.76. The molecule has 0 aromatic heterocycles. The molecule has 0 fully saturated rings. The molecule has 2 rings (SSSR count). The van der Waals surface area contributed by atoms with Crippen LogP contribution in [0.15, 0.2) is 35.5 Å². The SMILES string of the molecule is O=S(O)c1ccc2c(c1)C=CNC=C2. The van der Waals surface area contributed by atoms with Gasteiger partial charge >= 0.3 is 0 Å². The van der Waals surface area contributed by atoms with Gasteiger partial charge in [-0.15, -0.1) is 0 Å². The van der Waals surface area contributed by atoms with E-state index in [0.29, 0.717) is 4.90 Å². The Hall–Kier alpha value is -1.39. The number of nitrogens with one attached hydrogen (secondary N) is 1. The summed E-state index contributed by atoms with van der Waals surface area (Å²) >= 11 is -1.91. The molecule has 1 aliphatic rings. The van der Waals surface area contributed by atoms with Crippen molar-refractivity contribution in [3.05, 3.63) is 41.7 Å². The summed E-state index contributed by atoms with van der Waals surface area (Å²) in [5, 5.41) is 2.94. The number of rotatable bonds is 1. The minimum absolute atomic E-state index is 0.420. The van der Waals surface area contributed by atoms with Crippen LogP contribution in [0.4, 0.5) is 0 Å². The van der Waals surface area contributed by atoms with Gasteiger partial charge in [0, 0.05) is 12.4 Å². The molecule has 0 aliphatic carbocycles. The van der Waals surface area contributed by atoms with E-state index in [4.69, 9.17) is 4.55 Å². The van der Waals surface area contributed by atoms with Crippen LogP contribution in [0.25, 0.3) is 12.2 Å². The Balaban J connectivity index is 2.53. The molecule has 3 nitrogen and oxygen atoms in total. The van der Waals surface area contributed by atoms with Gasteiger partial charge in [0.15, 0.2) is 11.1 Å². The highest BCUT2D eigenvalue weighted by atomic mass is 32.2. The Labute approximate surface area is 84.4 Å². The highest BCUT2D eigenvalue weighted by Gasteiger charge is 2.04.